The molecule has 0 fully saturated rings. The molecule has 3 aromatic heterocycles. The lowest BCUT2D eigenvalue weighted by Gasteiger charge is -2.19. The zero-order chi connectivity index (χ0) is 22.9. The van der Waals surface area contributed by atoms with Gasteiger partial charge < -0.3 is 0 Å². The molecule has 0 aliphatic rings. The van der Waals surface area contributed by atoms with Crippen LogP contribution in [0.4, 0.5) is 0 Å². The van der Waals surface area contributed by atoms with Crippen LogP contribution in [0.1, 0.15) is 37.6 Å². The van der Waals surface area contributed by atoms with Crippen LogP contribution in [0, 0.1) is 11.3 Å². The summed E-state index contributed by atoms with van der Waals surface area (Å²) in [5.74, 6) is 1.17. The average Bonchev–Trinajstić information content (AvgIpc) is 3.36. The molecule has 0 aliphatic carbocycles. The van der Waals surface area contributed by atoms with Crippen LogP contribution < -0.4 is 5.56 Å². The number of hydrogen-bond acceptors (Lipinski definition) is 6. The predicted molar refractivity (Wildman–Crippen MR) is 124 cm³/mol. The molecular weight excluding hydrogens is 422 g/mol. The summed E-state index contributed by atoms with van der Waals surface area (Å²) in [6.07, 6.45) is 3.27. The Morgan fingerprint density at radius 3 is 2.66 bits per heavy atom. The van der Waals surface area contributed by atoms with E-state index < -0.39 is 0 Å². The molecule has 1 aromatic carbocycles. The van der Waals surface area contributed by atoms with E-state index >= 15 is 0 Å². The minimum absolute atomic E-state index is 0.0754. The summed E-state index contributed by atoms with van der Waals surface area (Å²) in [5, 5.41) is 21.4. The second-order valence-corrected chi connectivity index (χ2v) is 9.31. The van der Waals surface area contributed by atoms with Gasteiger partial charge in [-0.15, -0.1) is 16.8 Å². The van der Waals surface area contributed by atoms with Crippen molar-refractivity contribution >= 4 is 17.4 Å². The van der Waals surface area contributed by atoms with Crippen molar-refractivity contribution in [2.24, 2.45) is 0 Å². The first-order valence-electron chi connectivity index (χ1n) is 10.1. The molecule has 0 saturated heterocycles. The third-order valence-corrected chi connectivity index (χ3v) is 6.06. The van der Waals surface area contributed by atoms with E-state index in [2.05, 4.69) is 71.9 Å². The number of nitriles is 1. The van der Waals surface area contributed by atoms with Crippen LogP contribution in [-0.2, 0) is 17.7 Å². The molecule has 1 N–H and O–H groups in total. The second-order valence-electron chi connectivity index (χ2n) is 8.37. The Morgan fingerprint density at radius 2 is 2.00 bits per heavy atom. The largest absolute Gasteiger partial charge is 0.298 e. The van der Waals surface area contributed by atoms with E-state index in [1.54, 1.807) is 6.08 Å². The van der Waals surface area contributed by atoms with Crippen LogP contribution >= 0.6 is 11.8 Å². The van der Waals surface area contributed by atoms with Crippen molar-refractivity contribution in [3.8, 4) is 17.5 Å². The fraction of sp³-hybridized carbons (Fsp3) is 0.261. The summed E-state index contributed by atoms with van der Waals surface area (Å²) in [6.45, 7) is 11.0. The van der Waals surface area contributed by atoms with E-state index in [4.69, 9.17) is 0 Å². The van der Waals surface area contributed by atoms with Crippen molar-refractivity contribution in [3.63, 3.8) is 0 Å². The Kier molecular flexibility index (Phi) is 5.72. The minimum Gasteiger partial charge on any atom is -0.298 e. The van der Waals surface area contributed by atoms with Gasteiger partial charge >= 0.3 is 0 Å². The lowest BCUT2D eigenvalue weighted by atomic mass is 9.87. The van der Waals surface area contributed by atoms with Crippen molar-refractivity contribution in [3.05, 3.63) is 76.4 Å². The van der Waals surface area contributed by atoms with E-state index in [0.29, 0.717) is 34.4 Å². The maximum absolute atomic E-state index is 12.3. The summed E-state index contributed by atoms with van der Waals surface area (Å²) in [6, 6.07) is 11.8. The summed E-state index contributed by atoms with van der Waals surface area (Å²) in [7, 11) is 0. The molecule has 8 nitrogen and oxygen atoms in total. The third kappa shape index (κ3) is 4.09. The van der Waals surface area contributed by atoms with E-state index in [1.165, 1.54) is 34.1 Å². The van der Waals surface area contributed by atoms with Gasteiger partial charge in [-0.25, -0.2) is 9.50 Å². The van der Waals surface area contributed by atoms with E-state index in [9.17, 15) is 10.1 Å². The maximum Gasteiger partial charge on any atom is 0.272 e. The standard InChI is InChI=1S/C23H23N7OS/c1-5-10-29-21(15-6-8-17(9-7-15)23(2,3)4)27-28-22(29)32-14-18-11-19(31)30-20(26-18)16(12-24)13-25-30/h5-9,11,13,25H,1,10,14H2,2-4H3. The molecule has 32 heavy (non-hydrogen) atoms. The number of aromatic nitrogens is 6. The van der Waals surface area contributed by atoms with Gasteiger partial charge in [0.15, 0.2) is 16.6 Å². The molecule has 0 spiro atoms. The normalized spacial score (nSPS) is 11.6. The van der Waals surface area contributed by atoms with Crippen molar-refractivity contribution < 1.29 is 0 Å². The zero-order valence-electron chi connectivity index (χ0n) is 18.2. The lowest BCUT2D eigenvalue weighted by molar-refractivity contribution is 0.590. The average molecular weight is 446 g/mol. The van der Waals surface area contributed by atoms with Gasteiger partial charge in [-0.2, -0.15) is 5.26 Å². The molecule has 4 aromatic rings. The van der Waals surface area contributed by atoms with Crippen molar-refractivity contribution in [2.75, 3.05) is 0 Å². The van der Waals surface area contributed by atoms with Crippen molar-refractivity contribution in [1.82, 2.24) is 29.4 Å². The van der Waals surface area contributed by atoms with Crippen LogP contribution in [0.15, 0.2) is 59.1 Å². The van der Waals surface area contributed by atoms with Gasteiger partial charge in [-0.1, -0.05) is 62.9 Å². The molecule has 0 aliphatic heterocycles. The van der Waals surface area contributed by atoms with Crippen molar-refractivity contribution in [1.29, 1.82) is 5.26 Å². The maximum atomic E-state index is 12.3. The van der Waals surface area contributed by atoms with Crippen LogP contribution in [0.3, 0.4) is 0 Å². The smallest absolute Gasteiger partial charge is 0.272 e. The summed E-state index contributed by atoms with van der Waals surface area (Å²) in [4.78, 5) is 16.8. The molecule has 4 rings (SSSR count). The van der Waals surface area contributed by atoms with Crippen LogP contribution in [0.2, 0.25) is 0 Å². The Hall–Kier alpha value is -3.64. The number of benzene rings is 1. The first kappa shape index (κ1) is 21.6. The molecule has 0 unspecified atom stereocenters. The number of thioether (sulfide) groups is 1. The first-order chi connectivity index (χ1) is 15.3. The molecule has 3 heterocycles. The van der Waals surface area contributed by atoms with Gasteiger partial charge in [0.05, 0.1) is 5.69 Å². The van der Waals surface area contributed by atoms with Gasteiger partial charge in [-0.3, -0.25) is 14.5 Å². The number of allylic oxidation sites excluding steroid dienone is 1. The number of H-pyrrole nitrogens is 1. The summed E-state index contributed by atoms with van der Waals surface area (Å²) >= 11 is 1.43. The van der Waals surface area contributed by atoms with Crippen LogP contribution in [0.25, 0.3) is 17.0 Å². The quantitative estimate of drug-likeness (QED) is 0.356. The Morgan fingerprint density at radius 1 is 1.25 bits per heavy atom. The molecule has 0 radical (unpaired) electrons. The lowest BCUT2D eigenvalue weighted by Crippen LogP contribution is -2.15. The number of nitrogens with one attached hydrogen (secondary N) is 1. The highest BCUT2D eigenvalue weighted by molar-refractivity contribution is 7.98. The Balaban J connectivity index is 1.62. The Bertz CT molecular complexity index is 1380. The fourth-order valence-corrected chi connectivity index (χ4v) is 4.19. The minimum atomic E-state index is -0.265. The summed E-state index contributed by atoms with van der Waals surface area (Å²) in [5.41, 5.74) is 3.25. The molecule has 0 saturated carbocycles. The number of nitrogens with zero attached hydrogens (tertiary/aromatic N) is 6. The third-order valence-electron chi connectivity index (χ3n) is 5.06. The zero-order valence-corrected chi connectivity index (χ0v) is 19.0. The van der Waals surface area contributed by atoms with E-state index in [1.807, 2.05) is 10.6 Å². The highest BCUT2D eigenvalue weighted by atomic mass is 32.2. The highest BCUT2D eigenvalue weighted by Gasteiger charge is 2.17. The molecule has 0 bridgehead atoms. The van der Waals surface area contributed by atoms with Crippen molar-refractivity contribution in [2.45, 2.75) is 43.6 Å². The van der Waals surface area contributed by atoms with Crippen LogP contribution in [0.5, 0.6) is 0 Å². The topological polar surface area (TPSA) is 105 Å². The molecule has 0 atom stereocenters. The van der Waals surface area contributed by atoms with Gasteiger partial charge in [0.25, 0.3) is 5.56 Å². The first-order valence-corrected chi connectivity index (χ1v) is 11.1. The van der Waals surface area contributed by atoms with Gasteiger partial charge in [0.1, 0.15) is 11.6 Å². The van der Waals surface area contributed by atoms with Gasteiger partial charge in [0.2, 0.25) is 0 Å². The fourth-order valence-electron chi connectivity index (χ4n) is 3.35. The number of fused-ring (bicyclic) bond motifs is 1. The molecule has 9 heteroatoms. The molecule has 162 valence electrons. The van der Waals surface area contributed by atoms with Gasteiger partial charge in [0, 0.05) is 30.1 Å². The number of hydrogen-bond donors (Lipinski definition) is 1. The monoisotopic (exact) mass is 445 g/mol. The number of aromatic amines is 1. The Labute approximate surface area is 189 Å². The van der Waals surface area contributed by atoms with Gasteiger partial charge in [-0.05, 0) is 11.0 Å². The second kappa shape index (κ2) is 8.48. The highest BCUT2D eigenvalue weighted by Crippen LogP contribution is 2.28. The molecule has 0 amide bonds. The SMILES string of the molecule is C=CCn1c(SCc2cc(=O)n3[nH]cc(C#N)c3n2)nnc1-c1ccc(C(C)(C)C)cc1. The molecular formula is C23H23N7OS. The summed E-state index contributed by atoms with van der Waals surface area (Å²) < 4.78 is 3.25. The predicted octanol–water partition coefficient (Wildman–Crippen LogP) is 3.93. The van der Waals surface area contributed by atoms with E-state index in [-0.39, 0.29) is 11.0 Å². The number of rotatable bonds is 6. The van der Waals surface area contributed by atoms with E-state index in [0.717, 1.165) is 11.4 Å². The van der Waals surface area contributed by atoms with Crippen LogP contribution in [-0.4, -0.2) is 29.4 Å².